The molecule has 1 heterocycles. The third-order valence-electron chi connectivity index (χ3n) is 5.08. The fourth-order valence-corrected chi connectivity index (χ4v) is 3.23. The first-order valence-corrected chi connectivity index (χ1v) is 9.02. The maximum absolute atomic E-state index is 12.5. The lowest BCUT2D eigenvalue weighted by Gasteiger charge is -2.26. The molecule has 0 bridgehead atoms. The molecule has 0 saturated heterocycles. The zero-order valence-electron chi connectivity index (χ0n) is 15.4. The largest absolute Gasteiger partial charge is 0.354 e. The van der Waals surface area contributed by atoms with E-state index in [9.17, 15) is 4.79 Å². The van der Waals surface area contributed by atoms with E-state index in [1.807, 2.05) is 25.5 Å². The molecule has 0 spiro atoms. The van der Waals surface area contributed by atoms with Gasteiger partial charge in [-0.25, -0.2) is 0 Å². The van der Waals surface area contributed by atoms with Gasteiger partial charge in [-0.1, -0.05) is 30.3 Å². The predicted molar refractivity (Wildman–Crippen MR) is 99.1 cm³/mol. The fraction of sp³-hybridized carbons (Fsp3) is 0.500. The molecule has 1 N–H and O–H groups in total. The number of hydrogen-bond acceptors (Lipinski definition) is 3. The first kappa shape index (κ1) is 17.7. The van der Waals surface area contributed by atoms with Gasteiger partial charge in [-0.2, -0.15) is 5.10 Å². The van der Waals surface area contributed by atoms with Gasteiger partial charge in [-0.05, 0) is 32.3 Å². The van der Waals surface area contributed by atoms with Gasteiger partial charge in [-0.3, -0.25) is 14.4 Å². The average molecular weight is 340 g/mol. The Hall–Kier alpha value is -2.14. The van der Waals surface area contributed by atoms with E-state index in [1.165, 1.54) is 5.56 Å². The molecule has 5 heteroatoms. The molecule has 134 valence electrons. The van der Waals surface area contributed by atoms with Gasteiger partial charge in [0.15, 0.2) is 0 Å². The molecule has 3 rings (SSSR count). The molecule has 5 nitrogen and oxygen atoms in total. The smallest absolute Gasteiger partial charge is 0.234 e. The minimum absolute atomic E-state index is 0.0970. The average Bonchev–Trinajstić information content (AvgIpc) is 3.29. The van der Waals surface area contributed by atoms with Crippen molar-refractivity contribution in [2.24, 2.45) is 7.05 Å². The molecule has 0 radical (unpaired) electrons. The van der Waals surface area contributed by atoms with Crippen LogP contribution in [0.5, 0.6) is 0 Å². The molecule has 1 amide bonds. The second kappa shape index (κ2) is 7.40. The van der Waals surface area contributed by atoms with Crippen LogP contribution in [0, 0.1) is 0 Å². The number of hydrogen-bond donors (Lipinski definition) is 1. The first-order chi connectivity index (χ1) is 12.0. The second-order valence-corrected chi connectivity index (χ2v) is 7.44. The Morgan fingerprint density at radius 2 is 2.04 bits per heavy atom. The summed E-state index contributed by atoms with van der Waals surface area (Å²) in [5.74, 6) is 0.0970. The van der Waals surface area contributed by atoms with Crippen molar-refractivity contribution in [1.82, 2.24) is 20.0 Å². The molecule has 1 fully saturated rings. The normalized spacial score (nSPS) is 15.6. The van der Waals surface area contributed by atoms with Crippen LogP contribution in [0.3, 0.4) is 0 Å². The summed E-state index contributed by atoms with van der Waals surface area (Å²) >= 11 is 0. The fourth-order valence-electron chi connectivity index (χ4n) is 3.23. The monoisotopic (exact) mass is 340 g/mol. The van der Waals surface area contributed by atoms with Crippen molar-refractivity contribution in [3.05, 3.63) is 53.9 Å². The van der Waals surface area contributed by atoms with E-state index in [4.69, 9.17) is 0 Å². The van der Waals surface area contributed by atoms with Gasteiger partial charge >= 0.3 is 0 Å². The van der Waals surface area contributed by atoms with E-state index in [0.29, 0.717) is 12.6 Å². The van der Waals surface area contributed by atoms with Crippen LogP contribution in [0.1, 0.15) is 37.8 Å². The van der Waals surface area contributed by atoms with Gasteiger partial charge in [0.05, 0.1) is 12.7 Å². The van der Waals surface area contributed by atoms with Crippen LogP contribution in [0.25, 0.3) is 0 Å². The molecule has 0 unspecified atom stereocenters. The molecule has 1 saturated carbocycles. The Labute approximate surface area is 150 Å². The molecule has 0 aliphatic heterocycles. The number of benzene rings is 1. The lowest BCUT2D eigenvalue weighted by molar-refractivity contribution is -0.122. The SMILES string of the molecule is CC(C)N(CC(=O)NCC1(c2ccccc2)CC1)Cc1cnn(C)c1. The van der Waals surface area contributed by atoms with E-state index >= 15 is 0 Å². The number of carbonyl (C=O) groups is 1. The number of amides is 1. The molecule has 1 aromatic heterocycles. The zero-order chi connectivity index (χ0) is 17.9. The molecule has 2 aromatic rings. The number of aromatic nitrogens is 2. The summed E-state index contributed by atoms with van der Waals surface area (Å²) in [4.78, 5) is 14.7. The zero-order valence-corrected chi connectivity index (χ0v) is 15.4. The van der Waals surface area contributed by atoms with E-state index in [-0.39, 0.29) is 11.3 Å². The van der Waals surface area contributed by atoms with E-state index < -0.39 is 0 Å². The van der Waals surface area contributed by atoms with Crippen LogP contribution < -0.4 is 5.32 Å². The third kappa shape index (κ3) is 4.48. The van der Waals surface area contributed by atoms with Gasteiger partial charge in [0.25, 0.3) is 0 Å². The maximum Gasteiger partial charge on any atom is 0.234 e. The Kier molecular flexibility index (Phi) is 5.23. The number of carbonyl (C=O) groups excluding carboxylic acids is 1. The molecule has 1 aliphatic rings. The highest BCUT2D eigenvalue weighted by Crippen LogP contribution is 2.47. The summed E-state index contributed by atoms with van der Waals surface area (Å²) in [5.41, 5.74) is 2.63. The standard InChI is InChI=1S/C20H28N4O/c1-16(2)24(13-17-11-22-23(3)12-17)14-19(25)21-15-20(9-10-20)18-7-5-4-6-8-18/h4-8,11-12,16H,9-10,13-15H2,1-3H3,(H,21,25). The Balaban J connectivity index is 1.54. The van der Waals surface area contributed by atoms with Crippen molar-refractivity contribution < 1.29 is 4.79 Å². The van der Waals surface area contributed by atoms with E-state index in [1.54, 1.807) is 4.68 Å². The van der Waals surface area contributed by atoms with Gasteiger partial charge < -0.3 is 5.32 Å². The van der Waals surface area contributed by atoms with Crippen LogP contribution in [0.15, 0.2) is 42.7 Å². The number of aryl methyl sites for hydroxylation is 1. The van der Waals surface area contributed by atoms with E-state index in [2.05, 4.69) is 53.4 Å². The summed E-state index contributed by atoms with van der Waals surface area (Å²) in [5, 5.41) is 7.37. The summed E-state index contributed by atoms with van der Waals surface area (Å²) in [6, 6.07) is 10.8. The minimum atomic E-state index is 0.0970. The lowest BCUT2D eigenvalue weighted by Crippen LogP contribution is -2.42. The molecule has 25 heavy (non-hydrogen) atoms. The van der Waals surface area contributed by atoms with E-state index in [0.717, 1.165) is 31.5 Å². The summed E-state index contributed by atoms with van der Waals surface area (Å²) < 4.78 is 1.80. The van der Waals surface area contributed by atoms with Gasteiger partial charge in [0.2, 0.25) is 5.91 Å². The Bertz CT molecular complexity index is 703. The number of nitrogens with one attached hydrogen (secondary N) is 1. The molecular weight excluding hydrogens is 312 g/mol. The van der Waals surface area contributed by atoms with Crippen LogP contribution in [-0.4, -0.2) is 39.7 Å². The quantitative estimate of drug-likeness (QED) is 0.803. The van der Waals surface area contributed by atoms with Crippen molar-refractivity contribution in [2.75, 3.05) is 13.1 Å². The second-order valence-electron chi connectivity index (χ2n) is 7.44. The van der Waals surface area contributed by atoms with Crippen LogP contribution >= 0.6 is 0 Å². The Morgan fingerprint density at radius 1 is 1.32 bits per heavy atom. The van der Waals surface area contributed by atoms with Crippen LogP contribution in [-0.2, 0) is 23.8 Å². The first-order valence-electron chi connectivity index (χ1n) is 9.02. The van der Waals surface area contributed by atoms with Gasteiger partial charge in [-0.15, -0.1) is 0 Å². The molecule has 0 atom stereocenters. The van der Waals surface area contributed by atoms with Crippen LogP contribution in [0.4, 0.5) is 0 Å². The van der Waals surface area contributed by atoms with Gasteiger partial charge in [0.1, 0.15) is 0 Å². The topological polar surface area (TPSA) is 50.2 Å². The van der Waals surface area contributed by atoms with Gasteiger partial charge in [0, 0.05) is 43.4 Å². The van der Waals surface area contributed by atoms with Crippen LogP contribution in [0.2, 0.25) is 0 Å². The summed E-state index contributed by atoms with van der Waals surface area (Å²) in [6.45, 7) is 6.13. The maximum atomic E-state index is 12.5. The molecule has 1 aromatic carbocycles. The van der Waals surface area contributed by atoms with Crippen molar-refractivity contribution in [3.63, 3.8) is 0 Å². The molecule has 1 aliphatic carbocycles. The number of rotatable bonds is 8. The van der Waals surface area contributed by atoms with Crippen molar-refractivity contribution in [3.8, 4) is 0 Å². The highest BCUT2D eigenvalue weighted by molar-refractivity contribution is 5.78. The summed E-state index contributed by atoms with van der Waals surface area (Å²) in [7, 11) is 1.91. The Morgan fingerprint density at radius 3 is 2.60 bits per heavy atom. The van der Waals surface area contributed by atoms with Crippen molar-refractivity contribution >= 4 is 5.91 Å². The summed E-state index contributed by atoms with van der Waals surface area (Å²) in [6.07, 6.45) is 6.17. The van der Waals surface area contributed by atoms with Crippen molar-refractivity contribution in [1.29, 1.82) is 0 Å². The lowest BCUT2D eigenvalue weighted by atomic mass is 9.96. The highest BCUT2D eigenvalue weighted by Gasteiger charge is 2.44. The number of nitrogens with zero attached hydrogens (tertiary/aromatic N) is 3. The molecular formula is C20H28N4O. The minimum Gasteiger partial charge on any atom is -0.354 e. The van der Waals surface area contributed by atoms with Crippen molar-refractivity contribution in [2.45, 2.75) is 44.7 Å². The predicted octanol–water partition coefficient (Wildman–Crippen LogP) is 2.48. The third-order valence-corrected chi connectivity index (χ3v) is 5.08. The highest BCUT2D eigenvalue weighted by atomic mass is 16.2.